The number of hydrogen-bond donors (Lipinski definition) is 2. The summed E-state index contributed by atoms with van der Waals surface area (Å²) in [7, 11) is 0. The summed E-state index contributed by atoms with van der Waals surface area (Å²) < 4.78 is 13.3. The van der Waals surface area contributed by atoms with Crippen molar-refractivity contribution >= 4 is 17.5 Å². The van der Waals surface area contributed by atoms with Gasteiger partial charge in [-0.2, -0.15) is 0 Å². The van der Waals surface area contributed by atoms with E-state index in [9.17, 15) is 14.0 Å². The first kappa shape index (κ1) is 15.2. The van der Waals surface area contributed by atoms with Gasteiger partial charge in [0.15, 0.2) is 0 Å². The van der Waals surface area contributed by atoms with Gasteiger partial charge in [0.1, 0.15) is 5.82 Å². The summed E-state index contributed by atoms with van der Waals surface area (Å²) in [5.41, 5.74) is 2.17. The van der Waals surface area contributed by atoms with Crippen molar-refractivity contribution in [2.45, 2.75) is 18.8 Å². The van der Waals surface area contributed by atoms with Crippen LogP contribution in [0.3, 0.4) is 0 Å². The van der Waals surface area contributed by atoms with E-state index in [-0.39, 0.29) is 18.2 Å². The highest BCUT2D eigenvalue weighted by Gasteiger charge is 2.30. The van der Waals surface area contributed by atoms with Gasteiger partial charge in [-0.1, -0.05) is 36.4 Å². The number of hydrogen-bond acceptors (Lipinski definition) is 2. The van der Waals surface area contributed by atoms with E-state index in [1.807, 2.05) is 30.3 Å². The highest BCUT2D eigenvalue weighted by Crippen LogP contribution is 2.32. The van der Waals surface area contributed by atoms with Crippen LogP contribution in [-0.4, -0.2) is 18.4 Å². The third kappa shape index (κ3) is 3.56. The topological polar surface area (TPSA) is 58.2 Å². The zero-order chi connectivity index (χ0) is 16.2. The number of anilines is 1. The number of fused-ring (bicyclic) bond motifs is 1. The summed E-state index contributed by atoms with van der Waals surface area (Å²) in [6.45, 7) is 0.498. The first-order chi connectivity index (χ1) is 11.1. The maximum absolute atomic E-state index is 13.3. The Morgan fingerprint density at radius 1 is 1.22 bits per heavy atom. The molecule has 1 aliphatic rings. The van der Waals surface area contributed by atoms with Crippen molar-refractivity contribution in [1.29, 1.82) is 0 Å². The molecule has 0 saturated carbocycles. The number of carbonyl (C=O) groups is 2. The second-order valence-electron chi connectivity index (χ2n) is 5.56. The fourth-order valence-corrected chi connectivity index (χ4v) is 2.77. The minimum absolute atomic E-state index is 0.0792. The lowest BCUT2D eigenvalue weighted by molar-refractivity contribution is -0.126. The van der Waals surface area contributed by atoms with Gasteiger partial charge in [-0.15, -0.1) is 0 Å². The van der Waals surface area contributed by atoms with Crippen LogP contribution < -0.4 is 10.6 Å². The van der Waals surface area contributed by atoms with Gasteiger partial charge in [-0.05, 0) is 29.7 Å². The molecule has 5 heteroatoms. The molecule has 0 fully saturated rings. The van der Waals surface area contributed by atoms with Gasteiger partial charge in [-0.3, -0.25) is 9.59 Å². The molecule has 0 saturated heterocycles. The monoisotopic (exact) mass is 312 g/mol. The predicted octanol–water partition coefficient (Wildman–Crippen LogP) is 2.61. The number of rotatable bonds is 4. The van der Waals surface area contributed by atoms with E-state index < -0.39 is 11.7 Å². The second-order valence-corrected chi connectivity index (χ2v) is 5.56. The Morgan fingerprint density at radius 2 is 2.00 bits per heavy atom. The minimum Gasteiger partial charge on any atom is -0.355 e. The molecule has 0 aliphatic carbocycles. The van der Waals surface area contributed by atoms with Crippen LogP contribution in [0.15, 0.2) is 48.5 Å². The lowest BCUT2D eigenvalue weighted by Crippen LogP contribution is -2.36. The molecule has 1 atom stereocenters. The van der Waals surface area contributed by atoms with Crippen LogP contribution in [0, 0.1) is 5.82 Å². The molecule has 118 valence electrons. The van der Waals surface area contributed by atoms with Crippen molar-refractivity contribution in [3.8, 4) is 0 Å². The number of carbonyl (C=O) groups excluding carboxylic acids is 2. The molecule has 1 aliphatic heterocycles. The molecule has 4 nitrogen and oxygen atoms in total. The van der Waals surface area contributed by atoms with Crippen molar-refractivity contribution in [3.05, 3.63) is 65.5 Å². The highest BCUT2D eigenvalue weighted by molar-refractivity contribution is 6.01. The Bertz CT molecular complexity index is 731. The summed E-state index contributed by atoms with van der Waals surface area (Å²) in [6.07, 6.45) is 0.803. The van der Waals surface area contributed by atoms with Gasteiger partial charge in [0.2, 0.25) is 11.8 Å². The normalized spacial score (nSPS) is 16.4. The zero-order valence-electron chi connectivity index (χ0n) is 12.5. The molecule has 0 radical (unpaired) electrons. The van der Waals surface area contributed by atoms with Crippen molar-refractivity contribution in [2.24, 2.45) is 0 Å². The zero-order valence-corrected chi connectivity index (χ0v) is 12.5. The van der Waals surface area contributed by atoms with Crippen molar-refractivity contribution < 1.29 is 14.0 Å². The molecule has 0 aromatic heterocycles. The molecule has 0 unspecified atom stereocenters. The Balaban J connectivity index is 1.67. The van der Waals surface area contributed by atoms with Crippen LogP contribution in [0.25, 0.3) is 0 Å². The molecule has 2 aromatic carbocycles. The second kappa shape index (κ2) is 6.60. The molecular formula is C18H17FN2O2. The largest absolute Gasteiger partial charge is 0.355 e. The van der Waals surface area contributed by atoms with E-state index in [4.69, 9.17) is 0 Å². The third-order valence-electron chi connectivity index (χ3n) is 3.93. The van der Waals surface area contributed by atoms with Gasteiger partial charge in [-0.25, -0.2) is 4.39 Å². The molecule has 2 amide bonds. The highest BCUT2D eigenvalue weighted by atomic mass is 19.1. The molecule has 2 N–H and O–H groups in total. The van der Waals surface area contributed by atoms with E-state index in [2.05, 4.69) is 10.6 Å². The molecule has 0 spiro atoms. The van der Waals surface area contributed by atoms with E-state index in [0.717, 1.165) is 12.0 Å². The van der Waals surface area contributed by atoms with Crippen molar-refractivity contribution in [3.63, 3.8) is 0 Å². The third-order valence-corrected chi connectivity index (χ3v) is 3.93. The first-order valence-electron chi connectivity index (χ1n) is 7.54. The summed E-state index contributed by atoms with van der Waals surface area (Å²) in [4.78, 5) is 24.1. The quantitative estimate of drug-likeness (QED) is 0.912. The molecule has 1 heterocycles. The first-order valence-corrected chi connectivity index (χ1v) is 7.54. The standard InChI is InChI=1S/C18H17FN2O2/c19-13-6-7-14-15(11-17(22)21-16(14)10-13)18(23)20-9-8-12-4-2-1-3-5-12/h1-7,10,15H,8-9,11H2,(H,20,23)(H,21,22)/t15-/m0/s1. The Labute approximate surface area is 133 Å². The Kier molecular flexibility index (Phi) is 4.37. The van der Waals surface area contributed by atoms with Crippen LogP contribution in [-0.2, 0) is 16.0 Å². The lowest BCUT2D eigenvalue weighted by Gasteiger charge is -2.24. The van der Waals surface area contributed by atoms with E-state index in [1.165, 1.54) is 12.1 Å². The molecule has 23 heavy (non-hydrogen) atoms. The Hall–Kier alpha value is -2.69. The van der Waals surface area contributed by atoms with E-state index >= 15 is 0 Å². The van der Waals surface area contributed by atoms with E-state index in [1.54, 1.807) is 6.07 Å². The van der Waals surface area contributed by atoms with Crippen LogP contribution >= 0.6 is 0 Å². The summed E-state index contributed by atoms with van der Waals surface area (Å²) >= 11 is 0. The summed E-state index contributed by atoms with van der Waals surface area (Å²) in [5.74, 6) is -1.49. The van der Waals surface area contributed by atoms with Gasteiger partial charge in [0, 0.05) is 18.7 Å². The fraction of sp³-hybridized carbons (Fsp3) is 0.222. The molecule has 0 bridgehead atoms. The fourth-order valence-electron chi connectivity index (χ4n) is 2.77. The number of nitrogens with one attached hydrogen (secondary N) is 2. The number of benzene rings is 2. The lowest BCUT2D eigenvalue weighted by atomic mass is 9.89. The van der Waals surface area contributed by atoms with Crippen molar-refractivity contribution in [2.75, 3.05) is 11.9 Å². The van der Waals surface area contributed by atoms with Crippen LogP contribution in [0.4, 0.5) is 10.1 Å². The van der Waals surface area contributed by atoms with Gasteiger partial charge in [0.05, 0.1) is 5.92 Å². The molecule has 2 aromatic rings. The smallest absolute Gasteiger partial charge is 0.228 e. The van der Waals surface area contributed by atoms with Gasteiger partial charge < -0.3 is 10.6 Å². The van der Waals surface area contributed by atoms with Crippen LogP contribution in [0.1, 0.15) is 23.5 Å². The van der Waals surface area contributed by atoms with E-state index in [0.29, 0.717) is 17.8 Å². The summed E-state index contributed by atoms with van der Waals surface area (Å²) in [6, 6.07) is 14.0. The average molecular weight is 312 g/mol. The maximum atomic E-state index is 13.3. The number of amides is 2. The maximum Gasteiger partial charge on any atom is 0.228 e. The SMILES string of the molecule is O=C1C[C@H](C(=O)NCCc2ccccc2)c2ccc(F)cc2N1. The molecular weight excluding hydrogens is 295 g/mol. The van der Waals surface area contributed by atoms with Crippen molar-refractivity contribution in [1.82, 2.24) is 5.32 Å². The van der Waals surface area contributed by atoms with Crippen LogP contribution in [0.2, 0.25) is 0 Å². The molecule has 3 rings (SSSR count). The van der Waals surface area contributed by atoms with Gasteiger partial charge >= 0.3 is 0 Å². The summed E-state index contributed by atoms with van der Waals surface area (Å²) in [5, 5.41) is 5.47. The predicted molar refractivity (Wildman–Crippen MR) is 85.5 cm³/mol. The van der Waals surface area contributed by atoms with Gasteiger partial charge in [0.25, 0.3) is 0 Å². The Morgan fingerprint density at radius 3 is 2.78 bits per heavy atom. The number of halogens is 1. The minimum atomic E-state index is -0.574. The van der Waals surface area contributed by atoms with Crippen LogP contribution in [0.5, 0.6) is 0 Å². The average Bonchev–Trinajstić information content (AvgIpc) is 2.54.